The van der Waals surface area contributed by atoms with Gasteiger partial charge in [-0.2, -0.15) is 4.72 Å². The lowest BCUT2D eigenvalue weighted by Gasteiger charge is -2.24. The summed E-state index contributed by atoms with van der Waals surface area (Å²) in [5.41, 5.74) is 3.70. The van der Waals surface area contributed by atoms with Gasteiger partial charge < -0.3 is 15.4 Å². The number of nitrogens with zero attached hydrogens (tertiary/aromatic N) is 1. The molecule has 116 valence electrons. The summed E-state index contributed by atoms with van der Waals surface area (Å²) < 4.78 is 28.3. The molecule has 1 aromatic rings. The summed E-state index contributed by atoms with van der Waals surface area (Å²) in [4.78, 5) is 22.4. The molecule has 1 saturated carbocycles. The summed E-state index contributed by atoms with van der Waals surface area (Å²) in [6, 6.07) is 1.13. The number of carbonyl (C=O) groups is 2. The molecule has 21 heavy (non-hydrogen) atoms. The van der Waals surface area contributed by atoms with E-state index in [0.717, 1.165) is 6.07 Å². The fourth-order valence-corrected chi connectivity index (χ4v) is 4.07. The highest BCUT2D eigenvalue weighted by molar-refractivity contribution is 7.89. The average Bonchev–Trinajstić information content (AvgIpc) is 2.96. The van der Waals surface area contributed by atoms with Crippen LogP contribution in [0.2, 0.25) is 0 Å². The number of aliphatic carboxylic acids is 1. The molecule has 8 nitrogen and oxygen atoms in total. The Balaban J connectivity index is 2.36. The first-order chi connectivity index (χ1) is 9.68. The highest BCUT2D eigenvalue weighted by Crippen LogP contribution is 2.31. The molecule has 0 spiro atoms. The maximum atomic E-state index is 12.3. The molecule has 1 aromatic heterocycles. The molecule has 0 aromatic carbocycles. The van der Waals surface area contributed by atoms with Crippen molar-refractivity contribution in [3.8, 4) is 0 Å². The molecular formula is C12H17N3O5S. The van der Waals surface area contributed by atoms with Crippen LogP contribution in [0.15, 0.2) is 17.2 Å². The number of carbonyl (C=O) groups excluding carboxylic acids is 1. The van der Waals surface area contributed by atoms with Gasteiger partial charge in [-0.1, -0.05) is 12.8 Å². The van der Waals surface area contributed by atoms with Crippen molar-refractivity contribution < 1.29 is 23.1 Å². The lowest BCUT2D eigenvalue weighted by molar-refractivity contribution is -0.143. The number of aryl methyl sites for hydroxylation is 1. The van der Waals surface area contributed by atoms with Gasteiger partial charge in [-0.15, -0.1) is 0 Å². The minimum atomic E-state index is -4.04. The van der Waals surface area contributed by atoms with Crippen LogP contribution >= 0.6 is 0 Å². The lowest BCUT2D eigenvalue weighted by atomic mass is 10.0. The number of carboxylic acid groups (broad SMARTS) is 1. The fourth-order valence-electron chi connectivity index (χ4n) is 2.58. The van der Waals surface area contributed by atoms with E-state index in [9.17, 15) is 23.1 Å². The van der Waals surface area contributed by atoms with E-state index in [2.05, 4.69) is 4.72 Å². The van der Waals surface area contributed by atoms with Gasteiger partial charge in [0.05, 0.1) is 0 Å². The van der Waals surface area contributed by atoms with Gasteiger partial charge >= 0.3 is 5.97 Å². The van der Waals surface area contributed by atoms with Crippen LogP contribution in [0.3, 0.4) is 0 Å². The minimum absolute atomic E-state index is 0.0335. The Morgan fingerprint density at radius 3 is 2.38 bits per heavy atom. The van der Waals surface area contributed by atoms with Crippen LogP contribution in [0.5, 0.6) is 0 Å². The Hall–Kier alpha value is -1.87. The molecule has 2 rings (SSSR count). The number of carboxylic acids is 1. The SMILES string of the molecule is Cn1cc(S(=O)(=O)NC2(C(=O)O)CCCC2)cc1C(N)=O. The first-order valence-electron chi connectivity index (χ1n) is 6.41. The molecule has 4 N–H and O–H groups in total. The molecule has 0 bridgehead atoms. The second-order valence-electron chi connectivity index (χ2n) is 5.24. The number of nitrogens with two attached hydrogens (primary N) is 1. The van der Waals surface area contributed by atoms with E-state index in [1.165, 1.54) is 17.8 Å². The summed E-state index contributed by atoms with van der Waals surface area (Å²) in [6.07, 6.45) is 3.02. The summed E-state index contributed by atoms with van der Waals surface area (Å²) in [7, 11) is -2.55. The molecule has 1 fully saturated rings. The molecule has 0 saturated heterocycles. The first kappa shape index (κ1) is 15.5. The number of nitrogens with one attached hydrogen (secondary N) is 1. The Labute approximate surface area is 122 Å². The molecule has 1 heterocycles. The minimum Gasteiger partial charge on any atom is -0.480 e. The van der Waals surface area contributed by atoms with Crippen LogP contribution < -0.4 is 10.5 Å². The van der Waals surface area contributed by atoms with Gasteiger partial charge in [0, 0.05) is 13.2 Å². The van der Waals surface area contributed by atoms with Gasteiger partial charge in [0.1, 0.15) is 16.1 Å². The first-order valence-corrected chi connectivity index (χ1v) is 7.90. The van der Waals surface area contributed by atoms with Crippen molar-refractivity contribution in [1.82, 2.24) is 9.29 Å². The van der Waals surface area contributed by atoms with Gasteiger partial charge in [0.15, 0.2) is 0 Å². The van der Waals surface area contributed by atoms with Crippen LogP contribution in [0.1, 0.15) is 36.2 Å². The highest BCUT2D eigenvalue weighted by atomic mass is 32.2. The average molecular weight is 315 g/mol. The fraction of sp³-hybridized carbons (Fsp3) is 0.500. The number of amides is 1. The summed E-state index contributed by atoms with van der Waals surface area (Å²) in [6.45, 7) is 0. The van der Waals surface area contributed by atoms with Crippen molar-refractivity contribution in [2.45, 2.75) is 36.1 Å². The van der Waals surface area contributed by atoms with E-state index >= 15 is 0 Å². The highest BCUT2D eigenvalue weighted by Gasteiger charge is 2.45. The standard InChI is InChI=1S/C12H17N3O5S/c1-15-7-8(6-9(15)10(13)16)21(19,20)14-12(11(17)18)4-2-3-5-12/h6-7,14H,2-5H2,1H3,(H2,13,16)(H,17,18). The Bertz CT molecular complexity index is 686. The van der Waals surface area contributed by atoms with Crippen LogP contribution in [-0.2, 0) is 21.9 Å². The third-order valence-corrected chi connectivity index (χ3v) is 5.24. The quantitative estimate of drug-likeness (QED) is 0.692. The molecule has 1 amide bonds. The normalized spacial score (nSPS) is 17.8. The van der Waals surface area contributed by atoms with Gasteiger partial charge in [-0.3, -0.25) is 9.59 Å². The van der Waals surface area contributed by atoms with Crippen molar-refractivity contribution in [1.29, 1.82) is 0 Å². The van der Waals surface area contributed by atoms with E-state index in [4.69, 9.17) is 5.73 Å². The van der Waals surface area contributed by atoms with E-state index in [1.54, 1.807) is 0 Å². The van der Waals surface area contributed by atoms with Crippen molar-refractivity contribution in [2.24, 2.45) is 12.8 Å². The number of rotatable bonds is 5. The van der Waals surface area contributed by atoms with Crippen molar-refractivity contribution >= 4 is 21.9 Å². The maximum Gasteiger partial charge on any atom is 0.324 e. The van der Waals surface area contributed by atoms with Crippen molar-refractivity contribution in [3.63, 3.8) is 0 Å². The van der Waals surface area contributed by atoms with Gasteiger partial charge in [-0.05, 0) is 18.9 Å². The van der Waals surface area contributed by atoms with Crippen LogP contribution in [0, 0.1) is 0 Å². The number of sulfonamides is 1. The summed E-state index contributed by atoms with van der Waals surface area (Å²) in [5, 5.41) is 9.32. The number of hydrogen-bond donors (Lipinski definition) is 3. The zero-order valence-electron chi connectivity index (χ0n) is 11.5. The number of hydrogen-bond acceptors (Lipinski definition) is 4. The maximum absolute atomic E-state index is 12.3. The predicted molar refractivity (Wildman–Crippen MR) is 73.1 cm³/mol. The van der Waals surface area contributed by atoms with E-state index in [-0.39, 0.29) is 23.4 Å². The van der Waals surface area contributed by atoms with Gasteiger partial charge in [0.25, 0.3) is 5.91 Å². The van der Waals surface area contributed by atoms with Crippen LogP contribution in [0.4, 0.5) is 0 Å². The van der Waals surface area contributed by atoms with E-state index in [1.807, 2.05) is 0 Å². The molecule has 1 aliphatic rings. The Kier molecular flexibility index (Phi) is 3.81. The monoisotopic (exact) mass is 315 g/mol. The number of aromatic nitrogens is 1. The molecule has 0 aliphatic heterocycles. The second-order valence-corrected chi connectivity index (χ2v) is 6.92. The van der Waals surface area contributed by atoms with E-state index in [0.29, 0.717) is 12.8 Å². The van der Waals surface area contributed by atoms with Gasteiger partial charge in [0.2, 0.25) is 10.0 Å². The zero-order valence-corrected chi connectivity index (χ0v) is 12.3. The zero-order chi connectivity index (χ0) is 15.8. The lowest BCUT2D eigenvalue weighted by Crippen LogP contribution is -2.52. The molecule has 0 atom stereocenters. The molecule has 1 aliphatic carbocycles. The molecule has 0 unspecified atom stereocenters. The second kappa shape index (κ2) is 5.15. The topological polar surface area (TPSA) is 131 Å². The molecule has 0 radical (unpaired) electrons. The van der Waals surface area contributed by atoms with Crippen molar-refractivity contribution in [2.75, 3.05) is 0 Å². The summed E-state index contributed by atoms with van der Waals surface area (Å²) in [5.74, 6) is -1.94. The summed E-state index contributed by atoms with van der Waals surface area (Å²) >= 11 is 0. The van der Waals surface area contributed by atoms with Crippen LogP contribution in [0.25, 0.3) is 0 Å². The largest absolute Gasteiger partial charge is 0.480 e. The van der Waals surface area contributed by atoms with Crippen molar-refractivity contribution in [3.05, 3.63) is 18.0 Å². The third kappa shape index (κ3) is 2.79. The number of primary amides is 1. The predicted octanol–water partition coefficient (Wildman–Crippen LogP) is -0.200. The van der Waals surface area contributed by atoms with Crippen LogP contribution in [-0.4, -0.2) is 35.5 Å². The van der Waals surface area contributed by atoms with E-state index < -0.39 is 27.4 Å². The molecular weight excluding hydrogens is 298 g/mol. The third-order valence-electron chi connectivity index (χ3n) is 3.74. The Morgan fingerprint density at radius 2 is 1.95 bits per heavy atom. The smallest absolute Gasteiger partial charge is 0.324 e. The Morgan fingerprint density at radius 1 is 1.38 bits per heavy atom. The molecule has 9 heteroatoms. The van der Waals surface area contributed by atoms with Gasteiger partial charge in [-0.25, -0.2) is 8.42 Å².